The molecule has 0 bridgehead atoms. The molecule has 0 amide bonds. The molecule has 9 aromatic carbocycles. The number of hydrogen-bond acceptors (Lipinski definition) is 1. The fourth-order valence-corrected chi connectivity index (χ4v) is 10.3. The molecule has 0 aromatic heterocycles. The van der Waals surface area contributed by atoms with E-state index in [1.807, 2.05) is 0 Å². The van der Waals surface area contributed by atoms with Crippen LogP contribution in [0.15, 0.2) is 212 Å². The normalized spacial score (nSPS) is 13.8. The van der Waals surface area contributed by atoms with Gasteiger partial charge in [-0.15, -0.1) is 0 Å². The van der Waals surface area contributed by atoms with Gasteiger partial charge < -0.3 is 4.90 Å². The molecule has 0 spiro atoms. The summed E-state index contributed by atoms with van der Waals surface area (Å²) in [4.78, 5) is 2.41. The van der Waals surface area contributed by atoms with Crippen LogP contribution < -0.4 is 4.90 Å². The molecule has 0 fully saturated rings. The number of benzene rings is 9. The molecule has 2 aliphatic carbocycles. The quantitative estimate of drug-likeness (QED) is 0.168. The Hall–Kier alpha value is -7.22. The Balaban J connectivity index is 1.03. The maximum Gasteiger partial charge on any atom is 0.0465 e. The van der Waals surface area contributed by atoms with E-state index in [9.17, 15) is 0 Å². The molecule has 2 aliphatic rings. The van der Waals surface area contributed by atoms with Crippen LogP contribution in [0.2, 0.25) is 0 Å². The molecular weight excluding hydrogens is 735 g/mol. The van der Waals surface area contributed by atoms with Crippen molar-refractivity contribution in [2.24, 2.45) is 0 Å². The Kier molecular flexibility index (Phi) is 8.58. The molecular formula is C60H47N. The molecule has 0 heterocycles. The second-order valence-corrected chi connectivity index (χ2v) is 17.7. The van der Waals surface area contributed by atoms with Gasteiger partial charge in [0.05, 0.1) is 0 Å². The zero-order valence-electron chi connectivity index (χ0n) is 35.2. The highest BCUT2D eigenvalue weighted by Gasteiger charge is 2.36. The van der Waals surface area contributed by atoms with Crippen molar-refractivity contribution in [2.45, 2.75) is 38.5 Å². The van der Waals surface area contributed by atoms with E-state index in [4.69, 9.17) is 0 Å². The third kappa shape index (κ3) is 5.99. The van der Waals surface area contributed by atoms with Crippen LogP contribution in [0.3, 0.4) is 0 Å². The van der Waals surface area contributed by atoms with Gasteiger partial charge in [0.2, 0.25) is 0 Å². The van der Waals surface area contributed by atoms with Crippen molar-refractivity contribution < 1.29 is 0 Å². The number of rotatable bonds is 5. The summed E-state index contributed by atoms with van der Waals surface area (Å²) < 4.78 is 0. The van der Waals surface area contributed by atoms with Crippen LogP contribution in [0.4, 0.5) is 17.1 Å². The molecule has 0 atom stereocenters. The van der Waals surface area contributed by atoms with Gasteiger partial charge in [-0.2, -0.15) is 0 Å². The van der Waals surface area contributed by atoms with Crippen LogP contribution in [-0.2, 0) is 10.8 Å². The molecule has 0 unspecified atom stereocenters. The lowest BCUT2D eigenvalue weighted by atomic mass is 9.73. The number of hydrogen-bond donors (Lipinski definition) is 0. The highest BCUT2D eigenvalue weighted by atomic mass is 15.1. The van der Waals surface area contributed by atoms with Crippen LogP contribution in [0, 0.1) is 0 Å². The Morgan fingerprint density at radius 3 is 1.16 bits per heavy atom. The summed E-state index contributed by atoms with van der Waals surface area (Å²) in [6, 6.07) is 78.7. The van der Waals surface area contributed by atoms with E-state index in [1.54, 1.807) is 0 Å². The smallest absolute Gasteiger partial charge is 0.0465 e. The second-order valence-electron chi connectivity index (χ2n) is 17.7. The fourth-order valence-electron chi connectivity index (χ4n) is 10.3. The monoisotopic (exact) mass is 781 g/mol. The van der Waals surface area contributed by atoms with Crippen molar-refractivity contribution in [1.29, 1.82) is 0 Å². The van der Waals surface area contributed by atoms with E-state index in [2.05, 4.69) is 245 Å². The van der Waals surface area contributed by atoms with E-state index in [0.29, 0.717) is 0 Å². The minimum atomic E-state index is -0.224. The molecule has 0 N–H and O–H groups in total. The van der Waals surface area contributed by atoms with Crippen LogP contribution in [-0.4, -0.2) is 0 Å². The molecule has 1 nitrogen and oxygen atoms in total. The predicted molar refractivity (Wildman–Crippen MR) is 258 cm³/mol. The van der Waals surface area contributed by atoms with Gasteiger partial charge in [-0.25, -0.2) is 0 Å². The van der Waals surface area contributed by atoms with Gasteiger partial charge in [-0.3, -0.25) is 0 Å². The minimum Gasteiger partial charge on any atom is -0.310 e. The molecule has 0 saturated carbocycles. The first-order chi connectivity index (χ1) is 29.8. The second kappa shape index (κ2) is 14.2. The first-order valence-corrected chi connectivity index (χ1v) is 21.5. The minimum absolute atomic E-state index is 0.102. The predicted octanol–water partition coefficient (Wildman–Crippen LogP) is 16.4. The van der Waals surface area contributed by atoms with E-state index in [1.165, 1.54) is 89.0 Å². The van der Waals surface area contributed by atoms with Gasteiger partial charge in [0.1, 0.15) is 0 Å². The van der Waals surface area contributed by atoms with Gasteiger partial charge >= 0.3 is 0 Å². The highest BCUT2D eigenvalue weighted by Crippen LogP contribution is 2.52. The number of fused-ring (bicyclic) bond motifs is 10. The van der Waals surface area contributed by atoms with Crippen molar-refractivity contribution in [3.05, 3.63) is 235 Å². The lowest BCUT2D eigenvalue weighted by Gasteiger charge is -2.30. The number of nitrogens with zero attached hydrogens (tertiary/aromatic N) is 1. The maximum atomic E-state index is 2.42. The number of anilines is 3. The van der Waals surface area contributed by atoms with Crippen LogP contribution >= 0.6 is 0 Å². The Bertz CT molecular complexity index is 3110. The van der Waals surface area contributed by atoms with Crippen LogP contribution in [0.5, 0.6) is 0 Å². The Morgan fingerprint density at radius 1 is 0.246 bits per heavy atom. The molecule has 0 saturated heterocycles. The van der Waals surface area contributed by atoms with Crippen molar-refractivity contribution in [3.63, 3.8) is 0 Å². The lowest BCUT2D eigenvalue weighted by Crippen LogP contribution is -2.21. The van der Waals surface area contributed by atoms with Gasteiger partial charge in [-0.05, 0) is 131 Å². The first-order valence-electron chi connectivity index (χ1n) is 21.5. The molecule has 292 valence electrons. The summed E-state index contributed by atoms with van der Waals surface area (Å²) in [6.45, 7) is 9.47. The van der Waals surface area contributed by atoms with E-state index < -0.39 is 0 Å². The molecule has 0 aliphatic heterocycles. The average Bonchev–Trinajstić information content (AvgIpc) is 3.55. The molecule has 0 radical (unpaired) electrons. The van der Waals surface area contributed by atoms with Crippen LogP contribution in [0.1, 0.15) is 49.9 Å². The van der Waals surface area contributed by atoms with Gasteiger partial charge in [0.25, 0.3) is 0 Å². The van der Waals surface area contributed by atoms with Gasteiger partial charge in [0, 0.05) is 27.9 Å². The van der Waals surface area contributed by atoms with Crippen molar-refractivity contribution in [1.82, 2.24) is 0 Å². The Morgan fingerprint density at radius 2 is 0.590 bits per heavy atom. The summed E-state index contributed by atoms with van der Waals surface area (Å²) in [6.07, 6.45) is 0. The fraction of sp³-hybridized carbons (Fsp3) is 0.100. The summed E-state index contributed by atoms with van der Waals surface area (Å²) in [5, 5.41) is 0. The van der Waals surface area contributed by atoms with E-state index in [-0.39, 0.29) is 10.8 Å². The summed E-state index contributed by atoms with van der Waals surface area (Å²) in [5.74, 6) is 0. The molecule has 61 heavy (non-hydrogen) atoms. The largest absolute Gasteiger partial charge is 0.310 e. The SMILES string of the molecule is CC1(C)c2ccccc2-c2ccccc2-c2ccc(-c3ccc(N(c4ccc(-c5ccccc5)cc4)c4ccc5c(c4)C(C)(C)c4ccccc4-5)cc3)cc2-c2ccccc21. The van der Waals surface area contributed by atoms with Crippen molar-refractivity contribution >= 4 is 17.1 Å². The first kappa shape index (κ1) is 36.8. The molecule has 1 heteroatoms. The van der Waals surface area contributed by atoms with Crippen LogP contribution in [0.25, 0.3) is 66.8 Å². The van der Waals surface area contributed by atoms with Gasteiger partial charge in [-0.1, -0.05) is 198 Å². The zero-order valence-corrected chi connectivity index (χ0v) is 35.2. The maximum absolute atomic E-state index is 2.42. The summed E-state index contributed by atoms with van der Waals surface area (Å²) in [5.41, 5.74) is 23.6. The van der Waals surface area contributed by atoms with E-state index in [0.717, 1.165) is 17.1 Å². The third-order valence-corrected chi connectivity index (χ3v) is 13.5. The summed E-state index contributed by atoms with van der Waals surface area (Å²) in [7, 11) is 0. The Labute approximate surface area is 360 Å². The zero-order chi connectivity index (χ0) is 41.3. The van der Waals surface area contributed by atoms with Gasteiger partial charge in [0.15, 0.2) is 0 Å². The molecule has 9 aromatic rings. The summed E-state index contributed by atoms with van der Waals surface area (Å²) >= 11 is 0. The standard InChI is InChI=1S/C60H47N/c1-59(2)55-23-13-10-20-50(55)48-19-9-8-18-47(48)49-36-30-43(38-54(49)52-22-12-15-25-57(52)59)42-28-33-45(34-29-42)61(44-31-26-41(27-32-44)40-16-6-5-7-17-40)46-35-37-53-51-21-11-14-24-56(51)60(3,4)58(53)39-46/h5-39H,1-4H3. The highest BCUT2D eigenvalue weighted by molar-refractivity contribution is 5.96. The average molecular weight is 782 g/mol. The molecule has 11 rings (SSSR count). The topological polar surface area (TPSA) is 3.24 Å². The van der Waals surface area contributed by atoms with Crippen molar-refractivity contribution in [2.75, 3.05) is 4.90 Å². The third-order valence-electron chi connectivity index (χ3n) is 13.5. The lowest BCUT2D eigenvalue weighted by molar-refractivity contribution is 0.645. The van der Waals surface area contributed by atoms with E-state index >= 15 is 0 Å². The van der Waals surface area contributed by atoms with Crippen molar-refractivity contribution in [3.8, 4) is 66.8 Å².